The van der Waals surface area contributed by atoms with Gasteiger partial charge in [0.1, 0.15) is 18.5 Å². The van der Waals surface area contributed by atoms with E-state index in [1.807, 2.05) is 38.1 Å². The van der Waals surface area contributed by atoms with Gasteiger partial charge in [-0.2, -0.15) is 0 Å². The number of guanidine groups is 1. The minimum absolute atomic E-state index is 0.159. The van der Waals surface area contributed by atoms with Crippen molar-refractivity contribution < 1.29 is 18.6 Å². The first kappa shape index (κ1) is 22.4. The van der Waals surface area contributed by atoms with Crippen molar-refractivity contribution in [3.8, 4) is 5.75 Å². The minimum atomic E-state index is -2.29. The number of aryl methyl sites for hydroxylation is 1. The Labute approximate surface area is 166 Å². The fourth-order valence-corrected chi connectivity index (χ4v) is 3.12. The molecule has 1 unspecified atom stereocenters. The molecule has 0 aromatic heterocycles. The fraction of sp³-hybridized carbons (Fsp3) is 0.650. The molecule has 1 aliphatic rings. The largest absolute Gasteiger partial charge is 0.491 e. The summed E-state index contributed by atoms with van der Waals surface area (Å²) in [7, 11) is 0. The third-order valence-corrected chi connectivity index (χ3v) is 4.56. The molecule has 1 heterocycles. The normalized spacial score (nSPS) is 17.6. The predicted octanol–water partition coefficient (Wildman–Crippen LogP) is 2.02. The van der Waals surface area contributed by atoms with Crippen LogP contribution in [-0.2, 0) is 0 Å². The van der Waals surface area contributed by atoms with Crippen LogP contribution in [0.25, 0.3) is 0 Å². The van der Waals surface area contributed by atoms with Crippen molar-refractivity contribution in [1.29, 1.82) is 0 Å². The molecule has 0 amide bonds. The number of halogens is 2. The Bertz CT molecular complexity index is 608. The van der Waals surface area contributed by atoms with Gasteiger partial charge < -0.3 is 20.5 Å². The van der Waals surface area contributed by atoms with Gasteiger partial charge in [-0.05, 0) is 44.4 Å². The summed E-state index contributed by atoms with van der Waals surface area (Å²) in [5.41, 5.74) is 1.10. The Morgan fingerprint density at radius 3 is 2.75 bits per heavy atom. The Morgan fingerprint density at radius 2 is 2.11 bits per heavy atom. The lowest BCUT2D eigenvalue weighted by Gasteiger charge is -2.32. The van der Waals surface area contributed by atoms with E-state index < -0.39 is 12.5 Å². The summed E-state index contributed by atoms with van der Waals surface area (Å²) in [6.45, 7) is 6.17. The molecule has 3 N–H and O–H groups in total. The van der Waals surface area contributed by atoms with Gasteiger partial charge in [-0.1, -0.05) is 12.1 Å². The van der Waals surface area contributed by atoms with Crippen molar-refractivity contribution in [2.45, 2.75) is 45.3 Å². The van der Waals surface area contributed by atoms with Crippen LogP contribution in [-0.4, -0.2) is 73.9 Å². The molecule has 0 saturated carbocycles. The number of hydrogen-bond acceptors (Lipinski definition) is 4. The maximum Gasteiger partial charge on any atom is 0.251 e. The summed E-state index contributed by atoms with van der Waals surface area (Å²) >= 11 is 0. The molecular weight excluding hydrogens is 366 g/mol. The van der Waals surface area contributed by atoms with Crippen LogP contribution in [0.5, 0.6) is 5.75 Å². The molecule has 1 atom stereocenters. The molecule has 1 saturated heterocycles. The molecule has 0 aliphatic carbocycles. The molecule has 28 heavy (non-hydrogen) atoms. The molecule has 1 aromatic rings. The maximum atomic E-state index is 12.5. The predicted molar refractivity (Wildman–Crippen MR) is 107 cm³/mol. The van der Waals surface area contributed by atoms with Gasteiger partial charge in [0.25, 0.3) is 6.43 Å². The number of ether oxygens (including phenoxy) is 1. The summed E-state index contributed by atoms with van der Waals surface area (Å²) in [4.78, 5) is 6.23. The molecule has 1 aliphatic heterocycles. The lowest BCUT2D eigenvalue weighted by atomic mass is 10.1. The number of likely N-dealkylation sites (tertiary alicyclic amines) is 1. The van der Waals surface area contributed by atoms with E-state index in [2.05, 4.69) is 15.6 Å². The summed E-state index contributed by atoms with van der Waals surface area (Å²) in [5.74, 6) is 1.35. The van der Waals surface area contributed by atoms with Crippen molar-refractivity contribution in [3.63, 3.8) is 0 Å². The number of nitrogens with one attached hydrogen (secondary N) is 2. The number of hydrogen-bond donors (Lipinski definition) is 3. The topological polar surface area (TPSA) is 69.1 Å². The smallest absolute Gasteiger partial charge is 0.251 e. The van der Waals surface area contributed by atoms with Crippen molar-refractivity contribution in [2.75, 3.05) is 39.3 Å². The Balaban J connectivity index is 1.76. The zero-order valence-electron chi connectivity index (χ0n) is 16.7. The van der Waals surface area contributed by atoms with Crippen LogP contribution >= 0.6 is 0 Å². The lowest BCUT2D eigenvalue weighted by molar-refractivity contribution is 0.0744. The first-order chi connectivity index (χ1) is 13.5. The standard InChI is InChI=1S/C20H32F2N4O2/c1-3-23-20(25-16-7-9-26(10-8-16)13-19(21)22)24-12-17(27)14-28-18-6-4-5-15(2)11-18/h4-6,11,16-17,19,27H,3,7-10,12-14H2,1-2H3,(H2,23,24,25). The highest BCUT2D eigenvalue weighted by molar-refractivity contribution is 5.80. The van der Waals surface area contributed by atoms with Crippen LogP contribution in [0.4, 0.5) is 8.78 Å². The zero-order valence-corrected chi connectivity index (χ0v) is 16.7. The van der Waals surface area contributed by atoms with Gasteiger partial charge in [0.15, 0.2) is 5.96 Å². The van der Waals surface area contributed by atoms with E-state index in [0.717, 1.165) is 24.2 Å². The summed E-state index contributed by atoms with van der Waals surface area (Å²) in [6.07, 6.45) is -1.43. The second kappa shape index (κ2) is 11.8. The third kappa shape index (κ3) is 8.39. The number of aliphatic hydroxyl groups excluding tert-OH is 1. The first-order valence-corrected chi connectivity index (χ1v) is 9.89. The van der Waals surface area contributed by atoms with Gasteiger partial charge in [0.05, 0.1) is 13.1 Å². The Hall–Kier alpha value is -1.93. The molecule has 1 fully saturated rings. The van der Waals surface area contributed by atoms with Gasteiger partial charge >= 0.3 is 0 Å². The number of piperidine rings is 1. The minimum Gasteiger partial charge on any atom is -0.491 e. The highest BCUT2D eigenvalue weighted by Crippen LogP contribution is 2.13. The number of benzene rings is 1. The molecule has 2 rings (SSSR count). The van der Waals surface area contributed by atoms with Gasteiger partial charge in [0.2, 0.25) is 0 Å². The van der Waals surface area contributed by atoms with Gasteiger partial charge in [-0.25, -0.2) is 8.78 Å². The van der Waals surface area contributed by atoms with E-state index in [9.17, 15) is 13.9 Å². The molecule has 158 valence electrons. The second-order valence-electron chi connectivity index (χ2n) is 7.11. The van der Waals surface area contributed by atoms with Gasteiger partial charge in [-0.3, -0.25) is 9.89 Å². The van der Waals surface area contributed by atoms with Crippen LogP contribution in [0, 0.1) is 6.92 Å². The number of nitrogens with zero attached hydrogens (tertiary/aromatic N) is 2. The number of aliphatic hydroxyl groups is 1. The van der Waals surface area contributed by atoms with E-state index in [1.165, 1.54) is 0 Å². The SMILES string of the molecule is CCNC(=NCC(O)COc1cccc(C)c1)NC1CCN(CC(F)F)CC1. The number of rotatable bonds is 9. The Morgan fingerprint density at radius 1 is 1.36 bits per heavy atom. The van der Waals surface area contributed by atoms with E-state index in [1.54, 1.807) is 4.90 Å². The van der Waals surface area contributed by atoms with Crippen molar-refractivity contribution in [2.24, 2.45) is 4.99 Å². The second-order valence-corrected chi connectivity index (χ2v) is 7.11. The van der Waals surface area contributed by atoms with Crippen molar-refractivity contribution in [1.82, 2.24) is 15.5 Å². The molecular formula is C20H32F2N4O2. The average molecular weight is 398 g/mol. The highest BCUT2D eigenvalue weighted by Gasteiger charge is 2.22. The average Bonchev–Trinajstić information content (AvgIpc) is 2.66. The maximum absolute atomic E-state index is 12.5. The van der Waals surface area contributed by atoms with Crippen LogP contribution < -0.4 is 15.4 Å². The summed E-state index contributed by atoms with van der Waals surface area (Å²) in [6, 6.07) is 7.86. The molecule has 6 nitrogen and oxygen atoms in total. The fourth-order valence-electron chi connectivity index (χ4n) is 3.12. The summed E-state index contributed by atoms with van der Waals surface area (Å²) < 4.78 is 30.6. The van der Waals surface area contributed by atoms with Gasteiger partial charge in [0, 0.05) is 25.7 Å². The van der Waals surface area contributed by atoms with Crippen LogP contribution in [0.15, 0.2) is 29.3 Å². The first-order valence-electron chi connectivity index (χ1n) is 9.89. The van der Waals surface area contributed by atoms with E-state index in [4.69, 9.17) is 4.74 Å². The van der Waals surface area contributed by atoms with Crippen LogP contribution in [0.1, 0.15) is 25.3 Å². The molecule has 1 aromatic carbocycles. The van der Waals surface area contributed by atoms with Crippen molar-refractivity contribution >= 4 is 5.96 Å². The number of aliphatic imine (C=N–C) groups is 1. The van der Waals surface area contributed by atoms with Crippen LogP contribution in [0.2, 0.25) is 0 Å². The van der Waals surface area contributed by atoms with Crippen LogP contribution in [0.3, 0.4) is 0 Å². The molecule has 0 bridgehead atoms. The van der Waals surface area contributed by atoms with Crippen molar-refractivity contribution in [3.05, 3.63) is 29.8 Å². The lowest BCUT2D eigenvalue weighted by Crippen LogP contribution is -2.49. The summed E-state index contributed by atoms with van der Waals surface area (Å²) in [5, 5.41) is 16.7. The molecule has 0 radical (unpaired) electrons. The van der Waals surface area contributed by atoms with E-state index in [0.29, 0.717) is 25.6 Å². The monoisotopic (exact) mass is 398 g/mol. The van der Waals surface area contributed by atoms with E-state index >= 15 is 0 Å². The Kier molecular flexibility index (Phi) is 9.43. The zero-order chi connectivity index (χ0) is 20.4. The van der Waals surface area contributed by atoms with E-state index in [-0.39, 0.29) is 25.7 Å². The van der Waals surface area contributed by atoms with Gasteiger partial charge in [-0.15, -0.1) is 0 Å². The highest BCUT2D eigenvalue weighted by atomic mass is 19.3. The number of alkyl halides is 2. The molecule has 8 heteroatoms. The molecule has 0 spiro atoms. The third-order valence-electron chi connectivity index (χ3n) is 4.56. The quantitative estimate of drug-likeness (QED) is 0.439.